The lowest BCUT2D eigenvalue weighted by atomic mass is 9.74. The zero-order valence-corrected chi connectivity index (χ0v) is 28.6. The molecule has 2 aromatic rings. The molecular weight excluding hydrogens is 667 g/mol. The third-order valence-electron chi connectivity index (χ3n) is 8.11. The fourth-order valence-corrected chi connectivity index (χ4v) is 6.48. The highest BCUT2D eigenvalue weighted by Gasteiger charge is 2.57. The first-order valence-corrected chi connectivity index (χ1v) is 17.7. The predicted molar refractivity (Wildman–Crippen MR) is 178 cm³/mol. The van der Waals surface area contributed by atoms with Crippen LogP contribution in [0.4, 0.5) is 5.13 Å². The largest absolute Gasteiger partial charge is 0.490 e. The molecule has 48 heavy (non-hydrogen) atoms. The second-order valence-corrected chi connectivity index (χ2v) is 13.8. The number of fused-ring (bicyclic) bond motifs is 1. The van der Waals surface area contributed by atoms with Gasteiger partial charge in [-0.1, -0.05) is 11.2 Å². The third-order valence-corrected chi connectivity index (χ3v) is 9.13. The number of carbonyl (C=O) groups excluding carboxylic acids is 2. The van der Waals surface area contributed by atoms with Crippen LogP contribution < -0.4 is 21.9 Å². The van der Waals surface area contributed by atoms with Crippen LogP contribution in [0.1, 0.15) is 49.9 Å². The number of nitrogens with two attached hydrogens (primary N) is 3. The van der Waals surface area contributed by atoms with E-state index in [1.54, 1.807) is 0 Å². The molecule has 8 N–H and O–H groups in total. The highest BCUT2D eigenvalue weighted by molar-refractivity contribution is 7.80. The highest BCUT2D eigenvalue weighted by atomic mass is 32.3. The molecule has 0 radical (unpaired) electrons. The Bertz CT molecular complexity index is 1610. The van der Waals surface area contributed by atoms with Crippen LogP contribution in [0.15, 0.2) is 28.7 Å². The van der Waals surface area contributed by atoms with Crippen molar-refractivity contribution < 1.29 is 36.4 Å². The van der Waals surface area contributed by atoms with Crippen LogP contribution in [0.5, 0.6) is 5.75 Å². The quantitative estimate of drug-likeness (QED) is 0.0380. The molecule has 264 valence electrons. The normalized spacial score (nSPS) is 17.5. The van der Waals surface area contributed by atoms with Crippen molar-refractivity contribution in [2.24, 2.45) is 22.5 Å². The molecule has 19 heteroatoms. The first-order chi connectivity index (χ1) is 22.7. The molecule has 0 unspecified atom stereocenters. The smallest absolute Gasteiger partial charge is 0.418 e. The standard InChI is InChI=1S/C29H43N9O8S2/c1-29(2)22(26(40)38(29)46-48(41,42)43)16-24(39)25(23-18-47-27(32)34-23)35-45-14-13-44-21-6-5-20-17-37(12-7-19(20)15-21)28(33)36(10-3-8-30)11-4-9-31/h5-6,15,18,22,33H,3-4,7-14,16-17,30-31H2,1-2H3,(H2,32,34)(H,41,42,43)/b33-28?,35-25-/t22-/m1/s1. The minimum absolute atomic E-state index is 0.0102. The Morgan fingerprint density at radius 1 is 1.21 bits per heavy atom. The molecule has 1 fully saturated rings. The number of rotatable bonds is 17. The van der Waals surface area contributed by atoms with Gasteiger partial charge in [0.1, 0.15) is 18.1 Å². The van der Waals surface area contributed by atoms with Crippen LogP contribution in [-0.4, -0.2) is 108 Å². The first-order valence-electron chi connectivity index (χ1n) is 15.4. The Morgan fingerprint density at radius 3 is 2.52 bits per heavy atom. The summed E-state index contributed by atoms with van der Waals surface area (Å²) in [5, 5.41) is 15.0. The van der Waals surface area contributed by atoms with Crippen molar-refractivity contribution >= 4 is 50.2 Å². The van der Waals surface area contributed by atoms with Gasteiger partial charge in [0.15, 0.2) is 29.2 Å². The van der Waals surface area contributed by atoms with Gasteiger partial charge in [-0.15, -0.1) is 15.6 Å². The maximum Gasteiger partial charge on any atom is 0.418 e. The van der Waals surface area contributed by atoms with Crippen LogP contribution in [0.3, 0.4) is 0 Å². The summed E-state index contributed by atoms with van der Waals surface area (Å²) in [5.41, 5.74) is 18.2. The van der Waals surface area contributed by atoms with E-state index in [2.05, 4.69) is 19.3 Å². The van der Waals surface area contributed by atoms with Crippen molar-refractivity contribution in [3.8, 4) is 5.75 Å². The number of hydroxylamine groups is 2. The van der Waals surface area contributed by atoms with E-state index in [1.165, 1.54) is 19.2 Å². The third kappa shape index (κ3) is 9.17. The fourth-order valence-electron chi connectivity index (χ4n) is 5.48. The monoisotopic (exact) mass is 709 g/mol. The Balaban J connectivity index is 1.32. The Labute approximate surface area is 283 Å². The number of nitrogens with one attached hydrogen (secondary N) is 1. The topological polar surface area (TPSA) is 253 Å². The number of β-lactam (4-membered cyclic amide) rings is 1. The van der Waals surface area contributed by atoms with Gasteiger partial charge in [0.2, 0.25) is 0 Å². The van der Waals surface area contributed by atoms with Crippen molar-refractivity contribution in [1.82, 2.24) is 19.8 Å². The van der Waals surface area contributed by atoms with Crippen LogP contribution in [0, 0.1) is 11.3 Å². The number of ketones is 1. The molecule has 0 aliphatic carbocycles. The van der Waals surface area contributed by atoms with Gasteiger partial charge in [-0.05, 0) is 69.5 Å². The number of hydrogen-bond donors (Lipinski definition) is 5. The summed E-state index contributed by atoms with van der Waals surface area (Å²) in [4.78, 5) is 39.4. The van der Waals surface area contributed by atoms with Gasteiger partial charge < -0.3 is 36.6 Å². The number of benzene rings is 1. The number of anilines is 1. The molecule has 0 bridgehead atoms. The van der Waals surface area contributed by atoms with Gasteiger partial charge in [0.05, 0.1) is 11.5 Å². The lowest BCUT2D eigenvalue weighted by Crippen LogP contribution is -2.68. The molecule has 0 spiro atoms. The van der Waals surface area contributed by atoms with Crippen molar-refractivity contribution in [1.29, 1.82) is 5.41 Å². The van der Waals surface area contributed by atoms with Gasteiger partial charge in [-0.3, -0.25) is 19.6 Å². The Kier molecular flexibility index (Phi) is 12.3. The van der Waals surface area contributed by atoms with Gasteiger partial charge >= 0.3 is 10.4 Å². The number of thiazole rings is 1. The summed E-state index contributed by atoms with van der Waals surface area (Å²) in [7, 11) is -4.93. The molecule has 1 aromatic heterocycles. The maximum absolute atomic E-state index is 13.3. The van der Waals surface area contributed by atoms with Crippen molar-refractivity contribution in [2.45, 2.75) is 51.6 Å². The second kappa shape index (κ2) is 16.0. The number of Topliss-reactive ketones (excluding diaryl/α,β-unsaturated/α-hetero) is 1. The lowest BCUT2D eigenvalue weighted by molar-refractivity contribution is -0.228. The van der Waals surface area contributed by atoms with Crippen LogP contribution >= 0.6 is 11.3 Å². The molecular formula is C29H43N9O8S2. The van der Waals surface area contributed by atoms with Crippen molar-refractivity contribution in [3.63, 3.8) is 0 Å². The minimum atomic E-state index is -4.93. The number of guanidine groups is 1. The maximum atomic E-state index is 13.3. The minimum Gasteiger partial charge on any atom is -0.490 e. The predicted octanol–water partition coefficient (Wildman–Crippen LogP) is 0.748. The second-order valence-electron chi connectivity index (χ2n) is 11.9. The van der Waals surface area contributed by atoms with E-state index in [1.807, 2.05) is 23.1 Å². The van der Waals surface area contributed by atoms with Crippen molar-refractivity contribution in [3.05, 3.63) is 40.4 Å². The van der Waals surface area contributed by atoms with E-state index >= 15 is 0 Å². The molecule has 4 rings (SSSR count). The molecule has 2 aliphatic heterocycles. The lowest BCUT2D eigenvalue weighted by Gasteiger charge is -2.50. The van der Waals surface area contributed by atoms with Gasteiger partial charge in [0, 0.05) is 38.0 Å². The zero-order valence-electron chi connectivity index (χ0n) is 27.0. The van der Waals surface area contributed by atoms with Gasteiger partial charge in [-0.2, -0.15) is 13.5 Å². The number of amides is 1. The van der Waals surface area contributed by atoms with Crippen molar-refractivity contribution in [2.75, 3.05) is 51.7 Å². The van der Waals surface area contributed by atoms with Crippen LogP contribution in [0.2, 0.25) is 0 Å². The Hall–Kier alpha value is -3.88. The number of nitrogen functional groups attached to an aromatic ring is 1. The van der Waals surface area contributed by atoms with E-state index in [-0.39, 0.29) is 36.2 Å². The van der Waals surface area contributed by atoms with Crippen LogP contribution in [0.25, 0.3) is 0 Å². The number of carbonyl (C=O) groups is 2. The van der Waals surface area contributed by atoms with E-state index < -0.39 is 33.5 Å². The molecule has 0 saturated carbocycles. The molecule has 1 amide bonds. The summed E-state index contributed by atoms with van der Waals surface area (Å²) in [5.74, 6) is -1.21. The first kappa shape index (κ1) is 36.9. The zero-order chi connectivity index (χ0) is 35.1. The summed E-state index contributed by atoms with van der Waals surface area (Å²) < 4.78 is 41.4. The molecule has 17 nitrogen and oxygen atoms in total. The number of hydrogen-bond acceptors (Lipinski definition) is 14. The fraction of sp³-hybridized carbons (Fsp3) is 0.552. The summed E-state index contributed by atoms with van der Waals surface area (Å²) in [6.45, 7) is 6.97. The summed E-state index contributed by atoms with van der Waals surface area (Å²) in [6.07, 6.45) is 2.01. The molecule has 1 aromatic carbocycles. The summed E-state index contributed by atoms with van der Waals surface area (Å²) >= 11 is 1.09. The number of oxime groups is 1. The van der Waals surface area contributed by atoms with Gasteiger partial charge in [-0.25, -0.2) is 4.98 Å². The molecule has 1 atom stereocenters. The van der Waals surface area contributed by atoms with E-state index in [9.17, 15) is 18.0 Å². The SMILES string of the molecule is CC1(C)[C@H](CC(=O)/C(=N\OCCOc2ccc3c(c2)CCN(C(=N)N(CCCN)CCCN)C3)c2csc(N)n2)C(=O)N1OS(=O)(=O)O. The molecule has 1 saturated heterocycles. The van der Waals surface area contributed by atoms with E-state index in [4.69, 9.17) is 36.7 Å². The number of ether oxygens (including phenoxy) is 1. The average Bonchev–Trinajstić information content (AvgIpc) is 3.48. The number of nitrogens with zero attached hydrogens (tertiary/aromatic N) is 5. The summed E-state index contributed by atoms with van der Waals surface area (Å²) in [6, 6.07) is 5.82. The van der Waals surface area contributed by atoms with Gasteiger partial charge in [0.25, 0.3) is 5.91 Å². The van der Waals surface area contributed by atoms with E-state index in [0.29, 0.717) is 43.0 Å². The molecule has 3 heterocycles. The average molecular weight is 710 g/mol. The van der Waals surface area contributed by atoms with E-state index in [0.717, 1.165) is 54.8 Å². The van der Waals surface area contributed by atoms with Crippen LogP contribution in [-0.2, 0) is 42.1 Å². The number of aromatic nitrogens is 1. The highest BCUT2D eigenvalue weighted by Crippen LogP contribution is 2.40. The Morgan fingerprint density at radius 2 is 1.92 bits per heavy atom. The molecule has 2 aliphatic rings.